The number of amides is 3. The Morgan fingerprint density at radius 1 is 0.864 bits per heavy atom. The SMILES string of the molecule is CCCCCCCN(C(=O)C(CC(C)C)NC(=O)OC(C)(C)C)C(C(=O)Nc1ccc2ccccc2c1)c1cccc(C)c1. The molecule has 0 saturated heterocycles. The number of carbonyl (C=O) groups is 3. The van der Waals surface area contributed by atoms with E-state index in [0.29, 0.717) is 18.7 Å². The van der Waals surface area contributed by atoms with Gasteiger partial charge in [-0.05, 0) is 74.9 Å². The molecule has 2 atom stereocenters. The summed E-state index contributed by atoms with van der Waals surface area (Å²) in [4.78, 5) is 43.3. The predicted octanol–water partition coefficient (Wildman–Crippen LogP) is 8.57. The zero-order valence-electron chi connectivity index (χ0n) is 27.6. The Balaban J connectivity index is 2.02. The summed E-state index contributed by atoms with van der Waals surface area (Å²) in [5, 5.41) is 8.03. The van der Waals surface area contributed by atoms with Crippen molar-refractivity contribution < 1.29 is 19.1 Å². The molecule has 0 aliphatic heterocycles. The van der Waals surface area contributed by atoms with Gasteiger partial charge < -0.3 is 20.3 Å². The molecule has 2 N–H and O–H groups in total. The van der Waals surface area contributed by atoms with E-state index in [1.165, 1.54) is 0 Å². The lowest BCUT2D eigenvalue weighted by molar-refractivity contribution is -0.141. The summed E-state index contributed by atoms with van der Waals surface area (Å²) >= 11 is 0. The fourth-order valence-corrected chi connectivity index (χ4v) is 5.39. The minimum atomic E-state index is -0.893. The second-order valence-electron chi connectivity index (χ2n) is 13.1. The lowest BCUT2D eigenvalue weighted by Crippen LogP contribution is -2.53. The van der Waals surface area contributed by atoms with Gasteiger partial charge in [0, 0.05) is 12.2 Å². The van der Waals surface area contributed by atoms with Gasteiger partial charge >= 0.3 is 6.09 Å². The van der Waals surface area contributed by atoms with E-state index in [9.17, 15) is 14.4 Å². The van der Waals surface area contributed by atoms with Crippen LogP contribution in [0.5, 0.6) is 0 Å². The highest BCUT2D eigenvalue weighted by atomic mass is 16.6. The number of alkyl carbamates (subject to hydrolysis) is 1. The number of hydrogen-bond donors (Lipinski definition) is 2. The predicted molar refractivity (Wildman–Crippen MR) is 180 cm³/mol. The number of fused-ring (bicyclic) bond motifs is 1. The molecule has 238 valence electrons. The van der Waals surface area contributed by atoms with E-state index in [1.807, 2.05) is 87.5 Å². The van der Waals surface area contributed by atoms with Gasteiger partial charge in [0.15, 0.2) is 0 Å². The van der Waals surface area contributed by atoms with Crippen LogP contribution in [0.2, 0.25) is 0 Å². The van der Waals surface area contributed by atoms with Crippen LogP contribution in [0.3, 0.4) is 0 Å². The van der Waals surface area contributed by atoms with Gasteiger partial charge in [-0.25, -0.2) is 4.79 Å². The molecule has 3 amide bonds. The fraction of sp³-hybridized carbons (Fsp3) is 0.486. The molecule has 2 unspecified atom stereocenters. The number of ether oxygens (including phenoxy) is 1. The van der Waals surface area contributed by atoms with E-state index < -0.39 is 23.8 Å². The van der Waals surface area contributed by atoms with Gasteiger partial charge in [0.1, 0.15) is 17.7 Å². The lowest BCUT2D eigenvalue weighted by Gasteiger charge is -2.35. The number of carbonyl (C=O) groups excluding carboxylic acids is 3. The van der Waals surface area contributed by atoms with Crippen molar-refractivity contribution in [1.29, 1.82) is 0 Å². The largest absolute Gasteiger partial charge is 0.444 e. The molecule has 44 heavy (non-hydrogen) atoms. The minimum absolute atomic E-state index is 0.120. The highest BCUT2D eigenvalue weighted by Crippen LogP contribution is 2.28. The molecule has 0 bridgehead atoms. The normalized spacial score (nSPS) is 12.9. The standard InChI is InChI=1S/C37H51N3O4/c1-8-9-10-11-14-22-40(35(42)32(23-26(2)3)39-36(43)44-37(5,6)7)33(30-19-15-16-27(4)24-30)34(41)38-31-21-20-28-17-12-13-18-29(28)25-31/h12-13,15-21,24-26,32-33H,8-11,14,22-23H2,1-7H3,(H,38,41)(H,39,43). The first-order chi connectivity index (χ1) is 20.9. The minimum Gasteiger partial charge on any atom is -0.444 e. The molecule has 7 heteroatoms. The fourth-order valence-electron chi connectivity index (χ4n) is 5.39. The van der Waals surface area contributed by atoms with E-state index >= 15 is 0 Å². The third kappa shape index (κ3) is 10.7. The van der Waals surface area contributed by atoms with Crippen LogP contribution in [0.4, 0.5) is 10.5 Å². The molecule has 0 heterocycles. The van der Waals surface area contributed by atoms with Gasteiger partial charge in [-0.3, -0.25) is 9.59 Å². The van der Waals surface area contributed by atoms with Crippen molar-refractivity contribution >= 4 is 34.4 Å². The molecule has 3 rings (SSSR count). The van der Waals surface area contributed by atoms with E-state index in [-0.39, 0.29) is 17.7 Å². The molecule has 0 aromatic heterocycles. The van der Waals surface area contributed by atoms with Crippen molar-refractivity contribution in [2.24, 2.45) is 5.92 Å². The van der Waals surface area contributed by atoms with E-state index in [0.717, 1.165) is 54.0 Å². The highest BCUT2D eigenvalue weighted by molar-refractivity contribution is 6.00. The second kappa shape index (κ2) is 16.3. The van der Waals surface area contributed by atoms with Crippen molar-refractivity contribution in [2.45, 2.75) is 105 Å². The average molecular weight is 602 g/mol. The van der Waals surface area contributed by atoms with Crippen LogP contribution in [0.15, 0.2) is 66.7 Å². The first-order valence-electron chi connectivity index (χ1n) is 16.0. The number of rotatable bonds is 14. The van der Waals surface area contributed by atoms with E-state index in [2.05, 4.69) is 17.6 Å². The summed E-state index contributed by atoms with van der Waals surface area (Å²) in [5.74, 6) is -0.470. The molecule has 0 aliphatic carbocycles. The van der Waals surface area contributed by atoms with Gasteiger partial charge in [-0.2, -0.15) is 0 Å². The van der Waals surface area contributed by atoms with Crippen molar-refractivity contribution in [1.82, 2.24) is 10.2 Å². The number of aryl methyl sites for hydroxylation is 1. The van der Waals surface area contributed by atoms with Crippen LogP contribution in [0.25, 0.3) is 10.8 Å². The van der Waals surface area contributed by atoms with Crippen molar-refractivity contribution in [3.63, 3.8) is 0 Å². The molecular formula is C37H51N3O4. The summed E-state index contributed by atoms with van der Waals surface area (Å²) < 4.78 is 5.53. The number of anilines is 1. The molecule has 0 fully saturated rings. The Labute approximate surface area is 263 Å². The van der Waals surface area contributed by atoms with Gasteiger partial charge in [-0.15, -0.1) is 0 Å². The van der Waals surface area contributed by atoms with E-state index in [4.69, 9.17) is 4.74 Å². The number of hydrogen-bond acceptors (Lipinski definition) is 4. The lowest BCUT2D eigenvalue weighted by atomic mass is 9.97. The number of nitrogens with zero attached hydrogens (tertiary/aromatic N) is 1. The Hall–Kier alpha value is -3.87. The third-order valence-corrected chi connectivity index (χ3v) is 7.42. The molecule has 0 aliphatic rings. The van der Waals surface area contributed by atoms with Gasteiger partial charge in [0.2, 0.25) is 5.91 Å². The zero-order chi connectivity index (χ0) is 32.3. The topological polar surface area (TPSA) is 87.7 Å². The van der Waals surface area contributed by atoms with Crippen LogP contribution in [0.1, 0.15) is 97.2 Å². The van der Waals surface area contributed by atoms with Gasteiger partial charge in [-0.1, -0.05) is 107 Å². The highest BCUT2D eigenvalue weighted by Gasteiger charge is 2.36. The smallest absolute Gasteiger partial charge is 0.408 e. The summed E-state index contributed by atoms with van der Waals surface area (Å²) in [6.07, 6.45) is 4.75. The molecule has 0 saturated carbocycles. The first kappa shape index (κ1) is 34.6. The molecule has 0 spiro atoms. The summed E-state index contributed by atoms with van der Waals surface area (Å²) in [5.41, 5.74) is 1.67. The quantitative estimate of drug-likeness (QED) is 0.181. The van der Waals surface area contributed by atoms with Gasteiger partial charge in [0.25, 0.3) is 5.91 Å². The third-order valence-electron chi connectivity index (χ3n) is 7.42. The maximum Gasteiger partial charge on any atom is 0.408 e. The van der Waals surface area contributed by atoms with Crippen LogP contribution in [-0.4, -0.2) is 41.0 Å². The molecule has 3 aromatic rings. The van der Waals surface area contributed by atoms with Gasteiger partial charge in [0.05, 0.1) is 0 Å². The van der Waals surface area contributed by atoms with Crippen molar-refractivity contribution in [3.05, 3.63) is 77.9 Å². The van der Waals surface area contributed by atoms with Crippen LogP contribution in [-0.2, 0) is 14.3 Å². The Bertz CT molecular complexity index is 1390. The zero-order valence-corrected chi connectivity index (χ0v) is 27.6. The Morgan fingerprint density at radius 2 is 1.57 bits per heavy atom. The average Bonchev–Trinajstić information content (AvgIpc) is 2.94. The van der Waals surface area contributed by atoms with Crippen molar-refractivity contribution in [2.75, 3.05) is 11.9 Å². The summed E-state index contributed by atoms with van der Waals surface area (Å²) in [6, 6.07) is 19.8. The van der Waals surface area contributed by atoms with Crippen molar-refractivity contribution in [3.8, 4) is 0 Å². The number of unbranched alkanes of at least 4 members (excludes halogenated alkanes) is 4. The number of benzene rings is 3. The van der Waals surface area contributed by atoms with Crippen LogP contribution < -0.4 is 10.6 Å². The first-order valence-corrected chi connectivity index (χ1v) is 16.0. The molecule has 7 nitrogen and oxygen atoms in total. The monoisotopic (exact) mass is 601 g/mol. The Morgan fingerprint density at radius 3 is 2.23 bits per heavy atom. The summed E-state index contributed by atoms with van der Waals surface area (Å²) in [6.45, 7) is 13.9. The van der Waals surface area contributed by atoms with Crippen LogP contribution >= 0.6 is 0 Å². The molecule has 0 radical (unpaired) electrons. The maximum absolute atomic E-state index is 14.5. The number of nitrogens with one attached hydrogen (secondary N) is 2. The van der Waals surface area contributed by atoms with E-state index in [1.54, 1.807) is 25.7 Å². The second-order valence-corrected chi connectivity index (χ2v) is 13.1. The molecule has 3 aromatic carbocycles. The van der Waals surface area contributed by atoms with Crippen LogP contribution in [0, 0.1) is 12.8 Å². The maximum atomic E-state index is 14.5. The Kier molecular flexibility index (Phi) is 12.8. The summed E-state index contributed by atoms with van der Waals surface area (Å²) in [7, 11) is 0. The molecular weight excluding hydrogens is 550 g/mol.